The van der Waals surface area contributed by atoms with Crippen molar-refractivity contribution in [3.63, 3.8) is 0 Å². The fourth-order valence-corrected chi connectivity index (χ4v) is 6.42. The monoisotopic (exact) mass is 570 g/mol. The maximum absolute atomic E-state index is 13.2. The number of rotatable bonds is 6. The van der Waals surface area contributed by atoms with E-state index in [4.69, 9.17) is 18.9 Å². The minimum atomic E-state index is -0.695. The van der Waals surface area contributed by atoms with E-state index < -0.39 is 12.1 Å². The zero-order valence-electron chi connectivity index (χ0n) is 23.3. The first-order chi connectivity index (χ1) is 20.5. The quantitative estimate of drug-likeness (QED) is 0.437. The summed E-state index contributed by atoms with van der Waals surface area (Å²) in [5, 5.41) is 9.51. The molecular weight excluding hydrogens is 536 g/mol. The van der Waals surface area contributed by atoms with Gasteiger partial charge in [-0.1, -0.05) is 48.5 Å². The number of carbonyl (C=O) groups excluding carboxylic acids is 2. The van der Waals surface area contributed by atoms with Crippen molar-refractivity contribution < 1.29 is 33.6 Å². The van der Waals surface area contributed by atoms with Crippen molar-refractivity contribution in [3.05, 3.63) is 101 Å². The van der Waals surface area contributed by atoms with E-state index in [1.54, 1.807) is 36.4 Å². The Kier molecular flexibility index (Phi) is 7.39. The second kappa shape index (κ2) is 11.3. The number of amides is 2. The van der Waals surface area contributed by atoms with Crippen LogP contribution < -0.4 is 4.90 Å². The van der Waals surface area contributed by atoms with Gasteiger partial charge >= 0.3 is 0 Å². The normalized spacial score (nSPS) is 25.7. The summed E-state index contributed by atoms with van der Waals surface area (Å²) in [6.07, 6.45) is 1.28. The number of aliphatic hydroxyl groups excluding tert-OH is 1. The number of benzene rings is 3. The lowest BCUT2D eigenvalue weighted by atomic mass is 9.98. The minimum Gasteiger partial charge on any atom is -0.392 e. The number of imide groups is 1. The van der Waals surface area contributed by atoms with Gasteiger partial charge in [0.15, 0.2) is 12.1 Å². The van der Waals surface area contributed by atoms with Crippen molar-refractivity contribution in [2.24, 2.45) is 0 Å². The summed E-state index contributed by atoms with van der Waals surface area (Å²) >= 11 is 0. The van der Waals surface area contributed by atoms with Crippen LogP contribution in [-0.4, -0.2) is 66.6 Å². The summed E-state index contributed by atoms with van der Waals surface area (Å²) in [4.78, 5) is 29.9. The summed E-state index contributed by atoms with van der Waals surface area (Å²) in [6.45, 7) is 3.74. The fraction of sp³-hybridized carbons (Fsp3) is 0.394. The Hall–Kier alpha value is -3.44. The van der Waals surface area contributed by atoms with Gasteiger partial charge in [-0.15, -0.1) is 0 Å². The van der Waals surface area contributed by atoms with Gasteiger partial charge in [-0.25, -0.2) is 4.90 Å². The van der Waals surface area contributed by atoms with Crippen LogP contribution in [0.15, 0.2) is 72.8 Å². The van der Waals surface area contributed by atoms with Crippen LogP contribution >= 0.6 is 0 Å². The Labute approximate surface area is 244 Å². The molecule has 0 radical (unpaired) electrons. The number of ether oxygens (including phenoxy) is 4. The van der Waals surface area contributed by atoms with Crippen molar-refractivity contribution in [1.82, 2.24) is 4.90 Å². The van der Waals surface area contributed by atoms with Gasteiger partial charge in [-0.2, -0.15) is 0 Å². The topological polar surface area (TPSA) is 97.8 Å². The third-order valence-electron chi connectivity index (χ3n) is 8.70. The zero-order chi connectivity index (χ0) is 28.7. The van der Waals surface area contributed by atoms with Gasteiger partial charge in [0, 0.05) is 44.5 Å². The lowest BCUT2D eigenvalue weighted by Gasteiger charge is -2.42. The highest BCUT2D eigenvalue weighted by molar-refractivity contribution is 6.34. The predicted octanol–water partition coefficient (Wildman–Crippen LogP) is 4.36. The van der Waals surface area contributed by atoms with Gasteiger partial charge in [0.05, 0.1) is 48.8 Å². The van der Waals surface area contributed by atoms with Crippen molar-refractivity contribution in [3.8, 4) is 0 Å². The molecule has 218 valence electrons. The molecule has 1 spiro atoms. The maximum atomic E-state index is 13.2. The number of fused-ring (bicyclic) bond motifs is 1. The molecule has 0 bridgehead atoms. The number of aliphatic hydroxyl groups is 1. The third kappa shape index (κ3) is 5.17. The van der Waals surface area contributed by atoms with Gasteiger partial charge in [0.25, 0.3) is 11.8 Å². The fourth-order valence-electron chi connectivity index (χ4n) is 6.42. The van der Waals surface area contributed by atoms with Gasteiger partial charge < -0.3 is 29.0 Å². The van der Waals surface area contributed by atoms with Crippen LogP contribution in [0.4, 0.5) is 5.69 Å². The van der Waals surface area contributed by atoms with Crippen LogP contribution in [0.5, 0.6) is 0 Å². The molecule has 0 unspecified atom stereocenters. The van der Waals surface area contributed by atoms with E-state index in [0.29, 0.717) is 36.4 Å². The number of anilines is 1. The van der Waals surface area contributed by atoms with E-state index >= 15 is 0 Å². The molecule has 3 fully saturated rings. The Bertz CT molecular complexity index is 1420. The summed E-state index contributed by atoms with van der Waals surface area (Å²) in [6, 6.07) is 22.0. The lowest BCUT2D eigenvalue weighted by molar-refractivity contribution is -0.255. The van der Waals surface area contributed by atoms with Gasteiger partial charge in [0.1, 0.15) is 0 Å². The minimum absolute atomic E-state index is 0.0192. The molecular formula is C33H34N2O7. The van der Waals surface area contributed by atoms with Gasteiger partial charge in [-0.05, 0) is 35.4 Å². The molecule has 3 aromatic carbocycles. The van der Waals surface area contributed by atoms with Crippen molar-refractivity contribution in [2.45, 2.75) is 50.2 Å². The predicted molar refractivity (Wildman–Crippen MR) is 153 cm³/mol. The summed E-state index contributed by atoms with van der Waals surface area (Å²) in [7, 11) is 0. The molecule has 42 heavy (non-hydrogen) atoms. The number of nitrogens with zero attached hydrogens (tertiary/aromatic N) is 2. The molecule has 4 heterocycles. The van der Waals surface area contributed by atoms with Gasteiger partial charge in [-0.3, -0.25) is 9.59 Å². The molecule has 0 aromatic heterocycles. The van der Waals surface area contributed by atoms with Crippen LogP contribution in [0.25, 0.3) is 0 Å². The standard InChI is InChI=1S/C33H34N2O7/c36-21-22-8-10-23(11-9-22)29-19-26(20-34-14-12-33(13-15-34)39-16-17-40-33)41-32(42-29)24-4-3-5-25(18-24)35-30(37)27-6-1-2-7-28(27)31(35)38/h1-11,18,26,29,32,36H,12-17,19-21H2/t26-,29+,32+/m1/s1. The van der Waals surface area contributed by atoms with E-state index in [0.717, 1.165) is 49.2 Å². The molecule has 4 aliphatic rings. The molecule has 7 rings (SSSR count). The maximum Gasteiger partial charge on any atom is 0.266 e. The largest absolute Gasteiger partial charge is 0.392 e. The second-order valence-corrected chi connectivity index (χ2v) is 11.3. The first kappa shape index (κ1) is 27.4. The van der Waals surface area contributed by atoms with E-state index in [2.05, 4.69) is 4.90 Å². The summed E-state index contributed by atoms with van der Waals surface area (Å²) in [5.74, 6) is -1.11. The second-order valence-electron chi connectivity index (χ2n) is 11.3. The van der Waals surface area contributed by atoms with E-state index in [-0.39, 0.29) is 30.6 Å². The van der Waals surface area contributed by atoms with Crippen LogP contribution in [0.3, 0.4) is 0 Å². The van der Waals surface area contributed by atoms with E-state index in [9.17, 15) is 14.7 Å². The lowest BCUT2D eigenvalue weighted by Crippen LogP contribution is -2.48. The average molecular weight is 571 g/mol. The van der Waals surface area contributed by atoms with Crippen LogP contribution in [-0.2, 0) is 25.6 Å². The molecule has 3 aromatic rings. The first-order valence-electron chi connectivity index (χ1n) is 14.6. The van der Waals surface area contributed by atoms with Crippen LogP contribution in [0, 0.1) is 0 Å². The SMILES string of the molecule is O=C1c2ccccc2C(=O)N1c1cccc([C@H]2O[C@@H](CN3CCC4(CC3)OCCO4)C[C@@H](c3ccc(CO)cc3)O2)c1. The smallest absolute Gasteiger partial charge is 0.266 e. The van der Waals surface area contributed by atoms with Crippen LogP contribution in [0.1, 0.15) is 69.1 Å². The summed E-state index contributed by atoms with van der Waals surface area (Å²) < 4.78 is 24.9. The molecule has 1 N–H and O–H groups in total. The van der Waals surface area contributed by atoms with Crippen LogP contribution in [0.2, 0.25) is 0 Å². The Morgan fingerprint density at radius 3 is 2.17 bits per heavy atom. The molecule has 3 saturated heterocycles. The average Bonchev–Trinajstić information content (AvgIpc) is 3.60. The van der Waals surface area contributed by atoms with Crippen molar-refractivity contribution >= 4 is 17.5 Å². The molecule has 9 heteroatoms. The number of hydrogen-bond acceptors (Lipinski definition) is 8. The summed E-state index contributed by atoms with van der Waals surface area (Å²) in [5.41, 5.74) is 3.87. The molecule has 0 aliphatic carbocycles. The molecule has 0 saturated carbocycles. The molecule has 4 aliphatic heterocycles. The first-order valence-corrected chi connectivity index (χ1v) is 14.6. The Balaban J connectivity index is 1.13. The zero-order valence-corrected chi connectivity index (χ0v) is 23.3. The van der Waals surface area contributed by atoms with E-state index in [1.165, 1.54) is 4.90 Å². The number of carbonyl (C=O) groups is 2. The van der Waals surface area contributed by atoms with E-state index in [1.807, 2.05) is 36.4 Å². The number of hydrogen-bond donors (Lipinski definition) is 1. The molecule has 3 atom stereocenters. The highest BCUT2D eigenvalue weighted by atomic mass is 16.7. The Morgan fingerprint density at radius 2 is 1.50 bits per heavy atom. The Morgan fingerprint density at radius 1 is 0.810 bits per heavy atom. The van der Waals surface area contributed by atoms with Crippen molar-refractivity contribution in [2.75, 3.05) is 37.7 Å². The highest BCUT2D eigenvalue weighted by Gasteiger charge is 2.41. The number of piperidine rings is 1. The highest BCUT2D eigenvalue weighted by Crippen LogP contribution is 2.40. The number of likely N-dealkylation sites (tertiary alicyclic amines) is 1. The van der Waals surface area contributed by atoms with Gasteiger partial charge in [0.2, 0.25) is 0 Å². The third-order valence-corrected chi connectivity index (χ3v) is 8.70. The van der Waals surface area contributed by atoms with Crippen molar-refractivity contribution in [1.29, 1.82) is 0 Å². The molecule has 9 nitrogen and oxygen atoms in total. The molecule has 2 amide bonds.